The van der Waals surface area contributed by atoms with Crippen LogP contribution in [0.2, 0.25) is 5.02 Å². The molecule has 2 aromatic carbocycles. The fourth-order valence-corrected chi connectivity index (χ4v) is 1.76. The maximum absolute atomic E-state index is 13.5. The molecule has 2 rings (SSSR count). The predicted octanol–water partition coefficient (Wildman–Crippen LogP) is 3.91. The standard InChI is InChI=1S/C15H15ClFNO2/c16-13-3-1-4-14(15(13)17)20-10-2-9-19-12-7-5-11(18)6-8-12/h1,3-8H,2,9-10,18H2. The van der Waals surface area contributed by atoms with E-state index in [0.29, 0.717) is 25.3 Å². The Bertz CT molecular complexity index is 560. The molecule has 5 heteroatoms. The van der Waals surface area contributed by atoms with Crippen LogP contribution in [0.5, 0.6) is 11.5 Å². The smallest absolute Gasteiger partial charge is 0.183 e. The van der Waals surface area contributed by atoms with E-state index in [1.54, 1.807) is 36.4 Å². The second-order valence-electron chi connectivity index (χ2n) is 4.17. The van der Waals surface area contributed by atoms with Crippen LogP contribution in [0, 0.1) is 5.82 Å². The summed E-state index contributed by atoms with van der Waals surface area (Å²) in [4.78, 5) is 0. The first-order valence-electron chi connectivity index (χ1n) is 6.22. The number of benzene rings is 2. The van der Waals surface area contributed by atoms with Gasteiger partial charge >= 0.3 is 0 Å². The summed E-state index contributed by atoms with van der Waals surface area (Å²) in [7, 11) is 0. The molecule has 0 unspecified atom stereocenters. The molecule has 0 saturated carbocycles. The average molecular weight is 296 g/mol. The van der Waals surface area contributed by atoms with Gasteiger partial charge in [-0.2, -0.15) is 0 Å². The van der Waals surface area contributed by atoms with Crippen LogP contribution in [0.3, 0.4) is 0 Å². The summed E-state index contributed by atoms with van der Waals surface area (Å²) < 4.78 is 24.3. The Hall–Kier alpha value is -1.94. The van der Waals surface area contributed by atoms with Crippen LogP contribution in [-0.2, 0) is 0 Å². The van der Waals surface area contributed by atoms with Crippen molar-refractivity contribution in [3.05, 3.63) is 53.3 Å². The predicted molar refractivity (Wildman–Crippen MR) is 77.9 cm³/mol. The first-order valence-corrected chi connectivity index (χ1v) is 6.60. The molecule has 2 aromatic rings. The third-order valence-electron chi connectivity index (χ3n) is 2.61. The summed E-state index contributed by atoms with van der Waals surface area (Å²) in [6.07, 6.45) is 0.635. The van der Waals surface area contributed by atoms with Crippen LogP contribution < -0.4 is 15.2 Å². The van der Waals surface area contributed by atoms with Gasteiger partial charge in [0.1, 0.15) is 5.75 Å². The van der Waals surface area contributed by atoms with Gasteiger partial charge in [-0.05, 0) is 36.4 Å². The first-order chi connectivity index (χ1) is 9.66. The zero-order valence-corrected chi connectivity index (χ0v) is 11.6. The highest BCUT2D eigenvalue weighted by Gasteiger charge is 2.06. The van der Waals surface area contributed by atoms with Gasteiger partial charge in [-0.3, -0.25) is 0 Å². The van der Waals surface area contributed by atoms with E-state index in [-0.39, 0.29) is 10.8 Å². The molecule has 0 fully saturated rings. The lowest BCUT2D eigenvalue weighted by atomic mass is 10.3. The van der Waals surface area contributed by atoms with Crippen molar-refractivity contribution in [2.45, 2.75) is 6.42 Å². The minimum absolute atomic E-state index is 0.0561. The van der Waals surface area contributed by atoms with Crippen molar-refractivity contribution in [3.8, 4) is 11.5 Å². The van der Waals surface area contributed by atoms with Crippen molar-refractivity contribution in [3.63, 3.8) is 0 Å². The Balaban J connectivity index is 1.71. The number of anilines is 1. The van der Waals surface area contributed by atoms with Gasteiger partial charge in [-0.1, -0.05) is 17.7 Å². The SMILES string of the molecule is Nc1ccc(OCCCOc2cccc(Cl)c2F)cc1. The van der Waals surface area contributed by atoms with Gasteiger partial charge in [0.25, 0.3) is 0 Å². The lowest BCUT2D eigenvalue weighted by molar-refractivity contribution is 0.241. The van der Waals surface area contributed by atoms with Gasteiger partial charge in [-0.15, -0.1) is 0 Å². The Kier molecular flexibility index (Phi) is 5.07. The highest BCUT2D eigenvalue weighted by molar-refractivity contribution is 6.30. The lowest BCUT2D eigenvalue weighted by Gasteiger charge is -2.09. The normalized spacial score (nSPS) is 10.3. The zero-order valence-electron chi connectivity index (χ0n) is 10.8. The van der Waals surface area contributed by atoms with E-state index in [4.69, 9.17) is 26.8 Å². The molecule has 3 nitrogen and oxygen atoms in total. The third-order valence-corrected chi connectivity index (χ3v) is 2.90. The molecule has 0 amide bonds. The van der Waals surface area contributed by atoms with Gasteiger partial charge in [0.2, 0.25) is 0 Å². The third kappa shape index (κ3) is 4.03. The largest absolute Gasteiger partial charge is 0.493 e. The van der Waals surface area contributed by atoms with E-state index >= 15 is 0 Å². The summed E-state index contributed by atoms with van der Waals surface area (Å²) in [5, 5.41) is 0.0561. The minimum atomic E-state index is -0.534. The van der Waals surface area contributed by atoms with Gasteiger partial charge < -0.3 is 15.2 Å². The molecule has 0 aliphatic rings. The second-order valence-corrected chi connectivity index (χ2v) is 4.58. The molecular weight excluding hydrogens is 281 g/mol. The maximum Gasteiger partial charge on any atom is 0.183 e. The number of hydrogen-bond donors (Lipinski definition) is 1. The summed E-state index contributed by atoms with van der Waals surface area (Å²) in [5.74, 6) is 0.367. The Labute approximate surface area is 122 Å². The van der Waals surface area contributed by atoms with E-state index in [1.165, 1.54) is 6.07 Å². The summed E-state index contributed by atoms with van der Waals surface area (Å²) in [6, 6.07) is 11.8. The Morgan fingerprint density at radius 3 is 2.45 bits per heavy atom. The Morgan fingerprint density at radius 1 is 1.00 bits per heavy atom. The van der Waals surface area contributed by atoms with Crippen LogP contribution in [0.1, 0.15) is 6.42 Å². The molecular formula is C15H15ClFNO2. The van der Waals surface area contributed by atoms with Gasteiger partial charge in [-0.25, -0.2) is 4.39 Å². The summed E-state index contributed by atoms with van der Waals surface area (Å²) >= 11 is 5.66. The summed E-state index contributed by atoms with van der Waals surface area (Å²) in [5.41, 5.74) is 6.26. The van der Waals surface area contributed by atoms with Crippen molar-refractivity contribution in [2.24, 2.45) is 0 Å². The van der Waals surface area contributed by atoms with Crippen LogP contribution >= 0.6 is 11.6 Å². The average Bonchev–Trinajstić information content (AvgIpc) is 2.45. The number of nitrogen functional groups attached to an aromatic ring is 1. The van der Waals surface area contributed by atoms with E-state index in [1.807, 2.05) is 0 Å². The van der Waals surface area contributed by atoms with E-state index in [0.717, 1.165) is 5.75 Å². The van der Waals surface area contributed by atoms with Gasteiger partial charge in [0.15, 0.2) is 11.6 Å². The molecule has 0 aliphatic carbocycles. The van der Waals surface area contributed by atoms with Crippen molar-refractivity contribution in [1.82, 2.24) is 0 Å². The van der Waals surface area contributed by atoms with Crippen molar-refractivity contribution >= 4 is 17.3 Å². The van der Waals surface area contributed by atoms with Gasteiger partial charge in [0, 0.05) is 12.1 Å². The first kappa shape index (κ1) is 14.5. The molecule has 0 radical (unpaired) electrons. The van der Waals surface area contributed by atoms with Crippen LogP contribution in [0.4, 0.5) is 10.1 Å². The quantitative estimate of drug-likeness (QED) is 0.649. The molecule has 0 aromatic heterocycles. The summed E-state index contributed by atoms with van der Waals surface area (Å²) in [6.45, 7) is 0.832. The minimum Gasteiger partial charge on any atom is -0.493 e. The second kappa shape index (κ2) is 7.01. The van der Waals surface area contributed by atoms with Crippen molar-refractivity contribution in [2.75, 3.05) is 18.9 Å². The number of nitrogens with two attached hydrogens (primary N) is 1. The molecule has 0 atom stereocenters. The van der Waals surface area contributed by atoms with Crippen LogP contribution in [-0.4, -0.2) is 13.2 Å². The lowest BCUT2D eigenvalue weighted by Crippen LogP contribution is -2.06. The molecule has 20 heavy (non-hydrogen) atoms. The molecule has 0 saturated heterocycles. The fraction of sp³-hybridized carbons (Fsp3) is 0.200. The van der Waals surface area contributed by atoms with Crippen molar-refractivity contribution < 1.29 is 13.9 Å². The molecule has 2 N–H and O–H groups in total. The van der Waals surface area contributed by atoms with E-state index in [9.17, 15) is 4.39 Å². The number of halogens is 2. The number of ether oxygens (including phenoxy) is 2. The van der Waals surface area contributed by atoms with E-state index < -0.39 is 5.82 Å². The van der Waals surface area contributed by atoms with E-state index in [2.05, 4.69) is 0 Å². The van der Waals surface area contributed by atoms with Crippen molar-refractivity contribution in [1.29, 1.82) is 0 Å². The number of hydrogen-bond acceptors (Lipinski definition) is 3. The van der Waals surface area contributed by atoms with Gasteiger partial charge in [0.05, 0.1) is 18.2 Å². The fourth-order valence-electron chi connectivity index (χ4n) is 1.59. The zero-order chi connectivity index (χ0) is 14.4. The maximum atomic E-state index is 13.5. The van der Waals surface area contributed by atoms with Crippen LogP contribution in [0.25, 0.3) is 0 Å². The monoisotopic (exact) mass is 295 g/mol. The molecule has 0 heterocycles. The molecule has 0 spiro atoms. The van der Waals surface area contributed by atoms with Crippen LogP contribution in [0.15, 0.2) is 42.5 Å². The Morgan fingerprint density at radius 2 is 1.70 bits per heavy atom. The highest BCUT2D eigenvalue weighted by Crippen LogP contribution is 2.24. The number of rotatable bonds is 6. The topological polar surface area (TPSA) is 44.5 Å². The molecule has 106 valence electrons. The highest BCUT2D eigenvalue weighted by atomic mass is 35.5. The molecule has 0 bridgehead atoms. The molecule has 0 aliphatic heterocycles.